The summed E-state index contributed by atoms with van der Waals surface area (Å²) in [6, 6.07) is 0. The highest BCUT2D eigenvalue weighted by Crippen LogP contribution is 1.59. The van der Waals surface area contributed by atoms with E-state index in [0.29, 0.717) is 6.29 Å². The fourth-order valence-corrected chi connectivity index (χ4v) is 0.116. The molecule has 0 radical (unpaired) electrons. The van der Waals surface area contributed by atoms with Gasteiger partial charge in [-0.15, -0.1) is 0 Å². The van der Waals surface area contributed by atoms with E-state index in [-0.39, 0.29) is 6.61 Å². The fourth-order valence-electron chi connectivity index (χ4n) is 0.116. The van der Waals surface area contributed by atoms with E-state index in [1.54, 1.807) is 0 Å². The second-order valence-electron chi connectivity index (χ2n) is 0.747. The highest BCUT2D eigenvalue weighted by Gasteiger charge is 1.59. The van der Waals surface area contributed by atoms with Crippen LogP contribution >= 0.6 is 0 Å². The lowest BCUT2D eigenvalue weighted by molar-refractivity contribution is -0.104. The molecule has 0 rings (SSSR count). The topological polar surface area (TPSA) is 37.3 Å². The van der Waals surface area contributed by atoms with E-state index in [4.69, 9.17) is 5.11 Å². The van der Waals surface area contributed by atoms with Crippen molar-refractivity contribution in [3.8, 4) is 0 Å². The van der Waals surface area contributed by atoms with E-state index < -0.39 is 0 Å². The molecule has 0 aliphatic rings. The summed E-state index contributed by atoms with van der Waals surface area (Å²) in [6.45, 7) is -0.0568. The van der Waals surface area contributed by atoms with Crippen molar-refractivity contribution in [2.45, 2.75) is 0 Å². The van der Waals surface area contributed by atoms with E-state index in [0.717, 1.165) is 0 Å². The highest BCUT2D eigenvalue weighted by atomic mass is 16.2. The second-order valence-corrected chi connectivity index (χ2v) is 0.747. The Kier molecular flexibility index (Phi) is 3.91. The number of allylic oxidation sites excluding steroid dienone is 1. The number of carbonyl (C=O) groups excluding carboxylic acids is 1. The quantitative estimate of drug-likeness (QED) is 0.371. The lowest BCUT2D eigenvalue weighted by Gasteiger charge is -1.66. The summed E-state index contributed by atoms with van der Waals surface area (Å²) in [7, 11) is 0. The minimum atomic E-state index is -0.0568. The smallest absolute Gasteiger partial charge is 0.142 e. The summed E-state index contributed by atoms with van der Waals surface area (Å²) in [5.74, 6) is 0. The molecule has 0 aromatic heterocycles. The van der Waals surface area contributed by atoms with Crippen LogP contribution in [-0.2, 0) is 4.79 Å². The number of aliphatic hydroxyl groups excluding tert-OH is 1. The molecule has 0 unspecified atom stereocenters. The summed E-state index contributed by atoms with van der Waals surface area (Å²) in [6.07, 6.45) is 3.24. The van der Waals surface area contributed by atoms with Crippen molar-refractivity contribution in [1.29, 1.82) is 0 Å². The van der Waals surface area contributed by atoms with Gasteiger partial charge in [-0.2, -0.15) is 0 Å². The van der Waals surface area contributed by atoms with Gasteiger partial charge in [-0.25, -0.2) is 0 Å². The van der Waals surface area contributed by atoms with Crippen molar-refractivity contribution in [3.63, 3.8) is 0 Å². The Morgan fingerprint density at radius 2 is 2.33 bits per heavy atom. The van der Waals surface area contributed by atoms with Crippen LogP contribution in [0.5, 0.6) is 0 Å². The van der Waals surface area contributed by atoms with Gasteiger partial charge in [0, 0.05) is 0 Å². The average Bonchev–Trinajstić information content (AvgIpc) is 1.61. The van der Waals surface area contributed by atoms with Crippen LogP contribution in [0, 0.1) is 0 Å². The predicted octanol–water partition coefficient (Wildman–Crippen LogP) is -0.266. The van der Waals surface area contributed by atoms with E-state index in [1.807, 2.05) is 0 Å². The first-order chi connectivity index (χ1) is 2.91. The van der Waals surface area contributed by atoms with E-state index >= 15 is 0 Å². The molecule has 0 spiro atoms. The molecule has 34 valence electrons. The molecule has 0 aromatic rings. The van der Waals surface area contributed by atoms with Gasteiger partial charge in [0.2, 0.25) is 0 Å². The molecule has 2 heteroatoms. The molecule has 0 heterocycles. The van der Waals surface area contributed by atoms with Crippen molar-refractivity contribution < 1.29 is 9.90 Å². The Morgan fingerprint density at radius 1 is 1.67 bits per heavy atom. The van der Waals surface area contributed by atoms with Gasteiger partial charge in [-0.3, -0.25) is 4.79 Å². The molecule has 0 fully saturated rings. The van der Waals surface area contributed by atoms with Crippen LogP contribution in [0.1, 0.15) is 0 Å². The molecule has 0 aromatic carbocycles. The number of hydrogen-bond acceptors (Lipinski definition) is 2. The third-order valence-corrected chi connectivity index (χ3v) is 0.320. The summed E-state index contributed by atoms with van der Waals surface area (Å²) in [5.41, 5.74) is 0. The zero-order valence-corrected chi connectivity index (χ0v) is 3.29. The first-order valence-electron chi connectivity index (χ1n) is 1.63. The Morgan fingerprint density at radius 3 is 2.50 bits per heavy atom. The van der Waals surface area contributed by atoms with Crippen LogP contribution in [0.3, 0.4) is 0 Å². The third-order valence-electron chi connectivity index (χ3n) is 0.320. The van der Waals surface area contributed by atoms with Crippen molar-refractivity contribution in [2.24, 2.45) is 0 Å². The van der Waals surface area contributed by atoms with Crippen LogP contribution in [0.4, 0.5) is 0 Å². The van der Waals surface area contributed by atoms with Gasteiger partial charge >= 0.3 is 0 Å². The average molecular weight is 86.1 g/mol. The van der Waals surface area contributed by atoms with Gasteiger partial charge in [-0.05, 0) is 6.08 Å². The molecule has 0 saturated heterocycles. The SMILES string of the molecule is O=C/C=C/CO. The Balaban J connectivity index is 2.94. The molecule has 1 N–H and O–H groups in total. The van der Waals surface area contributed by atoms with Gasteiger partial charge in [0.25, 0.3) is 0 Å². The van der Waals surface area contributed by atoms with Crippen LogP contribution in [0.15, 0.2) is 12.2 Å². The predicted molar refractivity (Wildman–Crippen MR) is 22.3 cm³/mol. The third kappa shape index (κ3) is 3.37. The van der Waals surface area contributed by atoms with Crippen LogP contribution in [0.25, 0.3) is 0 Å². The van der Waals surface area contributed by atoms with E-state index in [1.165, 1.54) is 12.2 Å². The zero-order chi connectivity index (χ0) is 4.83. The number of carbonyl (C=O) groups is 1. The number of hydrogen-bond donors (Lipinski definition) is 1. The Hall–Kier alpha value is -0.630. The summed E-state index contributed by atoms with van der Waals surface area (Å²) in [4.78, 5) is 9.37. The first-order valence-corrected chi connectivity index (χ1v) is 1.63. The molecule has 0 saturated carbocycles. The maximum Gasteiger partial charge on any atom is 0.142 e. The van der Waals surface area contributed by atoms with Crippen molar-refractivity contribution in [2.75, 3.05) is 6.61 Å². The maximum absolute atomic E-state index is 9.37. The lowest BCUT2D eigenvalue weighted by atomic mass is 10.5. The van der Waals surface area contributed by atoms with Gasteiger partial charge < -0.3 is 5.11 Å². The minimum absolute atomic E-state index is 0.0568. The standard InChI is InChI=1S/C4H6O2/c5-3-1-2-4-6/h1-3,6H,4H2/b2-1+. The van der Waals surface area contributed by atoms with Crippen molar-refractivity contribution >= 4 is 6.29 Å². The monoisotopic (exact) mass is 86.0 g/mol. The highest BCUT2D eigenvalue weighted by molar-refractivity contribution is 5.64. The van der Waals surface area contributed by atoms with Crippen LogP contribution in [0.2, 0.25) is 0 Å². The summed E-state index contributed by atoms with van der Waals surface area (Å²) >= 11 is 0. The lowest BCUT2D eigenvalue weighted by Crippen LogP contribution is -1.69. The van der Waals surface area contributed by atoms with Gasteiger partial charge in [-0.1, -0.05) is 6.08 Å². The molecular formula is C4H6O2. The maximum atomic E-state index is 9.37. The minimum Gasteiger partial charge on any atom is -0.392 e. The summed E-state index contributed by atoms with van der Waals surface area (Å²) < 4.78 is 0. The van der Waals surface area contributed by atoms with Crippen molar-refractivity contribution in [1.82, 2.24) is 0 Å². The molecule has 0 aliphatic heterocycles. The van der Waals surface area contributed by atoms with Gasteiger partial charge in [0.15, 0.2) is 0 Å². The number of rotatable bonds is 2. The first kappa shape index (κ1) is 5.37. The fraction of sp³-hybridized carbons (Fsp3) is 0.250. The van der Waals surface area contributed by atoms with Crippen LogP contribution < -0.4 is 0 Å². The van der Waals surface area contributed by atoms with Crippen molar-refractivity contribution in [3.05, 3.63) is 12.2 Å². The summed E-state index contributed by atoms with van der Waals surface area (Å²) in [5, 5.41) is 7.95. The Labute approximate surface area is 36.1 Å². The molecule has 0 bridgehead atoms. The van der Waals surface area contributed by atoms with Gasteiger partial charge in [0.05, 0.1) is 6.61 Å². The van der Waals surface area contributed by atoms with E-state index in [2.05, 4.69) is 0 Å². The number of aldehydes is 1. The Bertz CT molecular complexity index is 56.6. The van der Waals surface area contributed by atoms with Crippen LogP contribution in [-0.4, -0.2) is 18.0 Å². The molecule has 0 aliphatic carbocycles. The van der Waals surface area contributed by atoms with Gasteiger partial charge in [0.1, 0.15) is 6.29 Å². The molecule has 6 heavy (non-hydrogen) atoms. The second kappa shape index (κ2) is 4.37. The van der Waals surface area contributed by atoms with E-state index in [9.17, 15) is 4.79 Å². The zero-order valence-electron chi connectivity index (χ0n) is 3.29. The normalized spacial score (nSPS) is 9.50. The largest absolute Gasteiger partial charge is 0.392 e. The molecule has 0 amide bonds. The molecule has 0 atom stereocenters. The number of aliphatic hydroxyl groups is 1. The molecule has 2 nitrogen and oxygen atoms in total. The molecular weight excluding hydrogens is 80.0 g/mol.